The summed E-state index contributed by atoms with van der Waals surface area (Å²) in [5.41, 5.74) is 4.34. The molecule has 5 nitrogen and oxygen atoms in total. The zero-order chi connectivity index (χ0) is 20.5. The van der Waals surface area contributed by atoms with Crippen molar-refractivity contribution in [1.82, 2.24) is 24.6 Å². The smallest absolute Gasteiger partial charge is 0.165 e. The first-order valence-corrected chi connectivity index (χ1v) is 10.1. The molecule has 0 aliphatic carbocycles. The maximum Gasteiger partial charge on any atom is 0.165 e. The molecular formula is C24H22FN5. The van der Waals surface area contributed by atoms with Crippen LogP contribution in [0.25, 0.3) is 11.4 Å². The summed E-state index contributed by atoms with van der Waals surface area (Å²) in [6.45, 7) is 4.33. The number of aromatic nitrogens is 4. The molecule has 30 heavy (non-hydrogen) atoms. The Morgan fingerprint density at radius 2 is 1.67 bits per heavy atom. The van der Waals surface area contributed by atoms with E-state index in [1.54, 1.807) is 0 Å². The number of nitrogens with zero attached hydrogens (tertiary/aromatic N) is 5. The summed E-state index contributed by atoms with van der Waals surface area (Å²) in [4.78, 5) is 6.68. The maximum atomic E-state index is 13.5. The van der Waals surface area contributed by atoms with E-state index in [1.807, 2.05) is 49.6 Å². The number of halogens is 1. The van der Waals surface area contributed by atoms with Gasteiger partial charge in [0, 0.05) is 31.0 Å². The summed E-state index contributed by atoms with van der Waals surface area (Å²) in [6.07, 6.45) is 3.67. The molecule has 3 heterocycles. The number of aryl methyl sites for hydroxylation is 1. The Bertz CT molecular complexity index is 1150. The van der Waals surface area contributed by atoms with Crippen LogP contribution in [0.1, 0.15) is 28.6 Å². The summed E-state index contributed by atoms with van der Waals surface area (Å²) in [5.74, 6) is 1.57. The standard InChI is InChI=1S/C24H22FN5/c1-17-13-20(15-26-14-17)24-28-27-22-16-29(11-12-30(22)24)23(18-5-3-2-4-6-18)19-7-9-21(25)10-8-19/h2-10,13-15,23H,11-12,16H2,1H3. The second-order valence-corrected chi connectivity index (χ2v) is 7.68. The molecule has 0 amide bonds. The van der Waals surface area contributed by atoms with Crippen LogP contribution < -0.4 is 0 Å². The quantitative estimate of drug-likeness (QED) is 0.511. The van der Waals surface area contributed by atoms with Crippen LogP contribution in [0.4, 0.5) is 4.39 Å². The van der Waals surface area contributed by atoms with E-state index in [-0.39, 0.29) is 11.9 Å². The lowest BCUT2D eigenvalue weighted by molar-refractivity contribution is 0.176. The number of rotatable bonds is 4. The first-order valence-electron chi connectivity index (χ1n) is 10.1. The van der Waals surface area contributed by atoms with E-state index in [0.717, 1.165) is 41.4 Å². The molecule has 0 bridgehead atoms. The lowest BCUT2D eigenvalue weighted by atomic mass is 9.96. The Morgan fingerprint density at radius 1 is 0.900 bits per heavy atom. The highest BCUT2D eigenvalue weighted by Crippen LogP contribution is 2.32. The van der Waals surface area contributed by atoms with Gasteiger partial charge in [0.2, 0.25) is 0 Å². The summed E-state index contributed by atoms with van der Waals surface area (Å²) in [7, 11) is 0. The fourth-order valence-electron chi connectivity index (χ4n) is 4.18. The van der Waals surface area contributed by atoms with E-state index in [4.69, 9.17) is 0 Å². The first-order chi connectivity index (χ1) is 14.7. The van der Waals surface area contributed by atoms with E-state index in [0.29, 0.717) is 6.54 Å². The van der Waals surface area contributed by atoms with E-state index >= 15 is 0 Å². The molecule has 1 aliphatic rings. The molecule has 0 N–H and O–H groups in total. The molecule has 5 rings (SSSR count). The summed E-state index contributed by atoms with van der Waals surface area (Å²) in [5, 5.41) is 8.94. The number of hydrogen-bond acceptors (Lipinski definition) is 4. The normalized spacial score (nSPS) is 15.0. The maximum absolute atomic E-state index is 13.5. The molecule has 1 unspecified atom stereocenters. The summed E-state index contributed by atoms with van der Waals surface area (Å²) < 4.78 is 15.7. The highest BCUT2D eigenvalue weighted by Gasteiger charge is 2.29. The molecule has 0 fully saturated rings. The largest absolute Gasteiger partial charge is 0.309 e. The van der Waals surface area contributed by atoms with Crippen LogP contribution in [0.3, 0.4) is 0 Å². The van der Waals surface area contributed by atoms with Gasteiger partial charge in [-0.3, -0.25) is 9.88 Å². The average molecular weight is 399 g/mol. The van der Waals surface area contributed by atoms with Crippen molar-refractivity contribution < 1.29 is 4.39 Å². The predicted octanol–water partition coefficient (Wildman–Crippen LogP) is 4.39. The van der Waals surface area contributed by atoms with Gasteiger partial charge in [-0.05, 0) is 41.8 Å². The molecule has 6 heteroatoms. The van der Waals surface area contributed by atoms with Crippen LogP contribution in [-0.4, -0.2) is 31.2 Å². The topological polar surface area (TPSA) is 46.8 Å². The van der Waals surface area contributed by atoms with Crippen LogP contribution in [0, 0.1) is 12.7 Å². The van der Waals surface area contributed by atoms with Crippen molar-refractivity contribution in [3.63, 3.8) is 0 Å². The molecule has 1 aliphatic heterocycles. The predicted molar refractivity (Wildman–Crippen MR) is 113 cm³/mol. The number of fused-ring (bicyclic) bond motifs is 1. The molecule has 150 valence electrons. The van der Waals surface area contributed by atoms with Gasteiger partial charge in [0.1, 0.15) is 11.6 Å². The molecule has 1 atom stereocenters. The fourth-order valence-corrected chi connectivity index (χ4v) is 4.18. The summed E-state index contributed by atoms with van der Waals surface area (Å²) >= 11 is 0. The van der Waals surface area contributed by atoms with Gasteiger partial charge in [-0.15, -0.1) is 10.2 Å². The first kappa shape index (κ1) is 18.6. The van der Waals surface area contributed by atoms with Gasteiger partial charge in [0.05, 0.1) is 12.6 Å². The van der Waals surface area contributed by atoms with Gasteiger partial charge in [-0.2, -0.15) is 0 Å². The Labute approximate surface area is 174 Å². The second kappa shape index (κ2) is 7.80. The molecule has 0 radical (unpaired) electrons. The molecule has 0 saturated carbocycles. The van der Waals surface area contributed by atoms with Gasteiger partial charge in [0.25, 0.3) is 0 Å². The van der Waals surface area contributed by atoms with Crippen LogP contribution in [0.2, 0.25) is 0 Å². The molecular weight excluding hydrogens is 377 g/mol. The van der Waals surface area contributed by atoms with Crippen LogP contribution >= 0.6 is 0 Å². The second-order valence-electron chi connectivity index (χ2n) is 7.68. The third kappa shape index (κ3) is 3.50. The third-order valence-corrected chi connectivity index (χ3v) is 5.58. The monoisotopic (exact) mass is 399 g/mol. The Morgan fingerprint density at radius 3 is 2.43 bits per heavy atom. The Balaban J connectivity index is 1.49. The number of pyridine rings is 1. The average Bonchev–Trinajstić information content (AvgIpc) is 3.19. The Kier molecular flexibility index (Phi) is 4.85. The molecule has 0 saturated heterocycles. The van der Waals surface area contributed by atoms with E-state index in [2.05, 4.69) is 42.8 Å². The van der Waals surface area contributed by atoms with Crippen LogP contribution in [-0.2, 0) is 13.1 Å². The van der Waals surface area contributed by atoms with Crippen molar-refractivity contribution in [2.24, 2.45) is 0 Å². The van der Waals surface area contributed by atoms with Gasteiger partial charge in [-0.1, -0.05) is 42.5 Å². The molecule has 4 aromatic rings. The van der Waals surface area contributed by atoms with Crippen molar-refractivity contribution >= 4 is 0 Å². The third-order valence-electron chi connectivity index (χ3n) is 5.58. The van der Waals surface area contributed by atoms with Crippen molar-refractivity contribution in [1.29, 1.82) is 0 Å². The Hall–Kier alpha value is -3.38. The highest BCUT2D eigenvalue weighted by atomic mass is 19.1. The van der Waals surface area contributed by atoms with Crippen LogP contribution in [0.5, 0.6) is 0 Å². The SMILES string of the molecule is Cc1cncc(-c2nnc3n2CCN(C(c2ccccc2)c2ccc(F)cc2)C3)c1. The minimum Gasteiger partial charge on any atom is -0.309 e. The zero-order valence-corrected chi connectivity index (χ0v) is 16.7. The lowest BCUT2D eigenvalue weighted by Gasteiger charge is -2.35. The van der Waals surface area contributed by atoms with Crippen molar-refractivity contribution in [2.45, 2.75) is 26.1 Å². The van der Waals surface area contributed by atoms with Gasteiger partial charge >= 0.3 is 0 Å². The van der Waals surface area contributed by atoms with Gasteiger partial charge < -0.3 is 4.57 Å². The number of hydrogen-bond donors (Lipinski definition) is 0. The van der Waals surface area contributed by atoms with Crippen LogP contribution in [0.15, 0.2) is 73.1 Å². The molecule has 2 aromatic carbocycles. The van der Waals surface area contributed by atoms with Gasteiger partial charge in [-0.25, -0.2) is 4.39 Å². The highest BCUT2D eigenvalue weighted by molar-refractivity contribution is 5.55. The van der Waals surface area contributed by atoms with Crippen molar-refractivity contribution in [2.75, 3.05) is 6.54 Å². The summed E-state index contributed by atoms with van der Waals surface area (Å²) in [6, 6.07) is 19.3. The zero-order valence-electron chi connectivity index (χ0n) is 16.7. The fraction of sp³-hybridized carbons (Fsp3) is 0.208. The van der Waals surface area contributed by atoms with E-state index in [1.165, 1.54) is 17.7 Å². The minimum atomic E-state index is -0.222. The molecule has 2 aromatic heterocycles. The number of benzene rings is 2. The lowest BCUT2D eigenvalue weighted by Crippen LogP contribution is -2.37. The van der Waals surface area contributed by atoms with Crippen molar-refractivity contribution in [3.05, 3.63) is 101 Å². The molecule has 0 spiro atoms. The van der Waals surface area contributed by atoms with Gasteiger partial charge in [0.15, 0.2) is 5.82 Å². The van der Waals surface area contributed by atoms with E-state index < -0.39 is 0 Å². The van der Waals surface area contributed by atoms with Crippen molar-refractivity contribution in [3.8, 4) is 11.4 Å². The van der Waals surface area contributed by atoms with E-state index in [9.17, 15) is 4.39 Å². The minimum absolute atomic E-state index is 0.0290.